The maximum absolute atomic E-state index is 12.6. The van der Waals surface area contributed by atoms with Crippen molar-refractivity contribution >= 4 is 11.6 Å². The van der Waals surface area contributed by atoms with Crippen LogP contribution in [0, 0.1) is 5.92 Å². The van der Waals surface area contributed by atoms with Gasteiger partial charge in [0.1, 0.15) is 0 Å². The molecule has 114 valence electrons. The van der Waals surface area contributed by atoms with Crippen molar-refractivity contribution in [1.82, 2.24) is 4.98 Å². The number of hydrogen-bond acceptors (Lipinski definition) is 4. The SMILES string of the molecule is C[C@@H](Cc1ccncc1)C(=O)N(C)c1ccc2c(c1)OCO2. The van der Waals surface area contributed by atoms with Gasteiger partial charge >= 0.3 is 0 Å². The highest BCUT2D eigenvalue weighted by Gasteiger charge is 2.21. The monoisotopic (exact) mass is 298 g/mol. The molecule has 0 spiro atoms. The molecular weight excluding hydrogens is 280 g/mol. The van der Waals surface area contributed by atoms with Gasteiger partial charge in [-0.1, -0.05) is 6.92 Å². The molecule has 0 unspecified atom stereocenters. The Morgan fingerprint density at radius 1 is 1.23 bits per heavy atom. The van der Waals surface area contributed by atoms with Gasteiger partial charge in [-0.2, -0.15) is 0 Å². The number of ether oxygens (including phenoxy) is 2. The van der Waals surface area contributed by atoms with E-state index in [4.69, 9.17) is 9.47 Å². The van der Waals surface area contributed by atoms with E-state index < -0.39 is 0 Å². The van der Waals surface area contributed by atoms with Crippen molar-refractivity contribution in [2.45, 2.75) is 13.3 Å². The highest BCUT2D eigenvalue weighted by Crippen LogP contribution is 2.35. The Morgan fingerprint density at radius 3 is 2.73 bits per heavy atom. The lowest BCUT2D eigenvalue weighted by Gasteiger charge is -2.22. The van der Waals surface area contributed by atoms with Gasteiger partial charge in [0.2, 0.25) is 12.7 Å². The average Bonchev–Trinajstić information content (AvgIpc) is 3.02. The molecule has 2 aromatic rings. The van der Waals surface area contributed by atoms with Crippen molar-refractivity contribution in [3.05, 3.63) is 48.3 Å². The Kier molecular flexibility index (Phi) is 3.96. The van der Waals surface area contributed by atoms with Crippen LogP contribution in [-0.4, -0.2) is 24.7 Å². The minimum Gasteiger partial charge on any atom is -0.454 e. The van der Waals surface area contributed by atoms with Crippen LogP contribution < -0.4 is 14.4 Å². The number of carbonyl (C=O) groups is 1. The van der Waals surface area contributed by atoms with Crippen LogP contribution >= 0.6 is 0 Å². The fraction of sp³-hybridized carbons (Fsp3) is 0.294. The van der Waals surface area contributed by atoms with Crippen molar-refractivity contribution < 1.29 is 14.3 Å². The molecule has 1 amide bonds. The van der Waals surface area contributed by atoms with E-state index in [0.717, 1.165) is 17.0 Å². The number of pyridine rings is 1. The summed E-state index contributed by atoms with van der Waals surface area (Å²) >= 11 is 0. The molecule has 1 aliphatic rings. The van der Waals surface area contributed by atoms with Gasteiger partial charge in [0.15, 0.2) is 11.5 Å². The molecule has 1 atom stereocenters. The Hall–Kier alpha value is -2.56. The summed E-state index contributed by atoms with van der Waals surface area (Å²) in [5.74, 6) is 1.35. The summed E-state index contributed by atoms with van der Waals surface area (Å²) in [6, 6.07) is 9.40. The van der Waals surface area contributed by atoms with E-state index in [9.17, 15) is 4.79 Å². The third kappa shape index (κ3) is 2.88. The lowest BCUT2D eigenvalue weighted by atomic mass is 10.0. The first-order chi connectivity index (χ1) is 10.6. The normalized spacial score (nSPS) is 13.7. The Labute approximate surface area is 129 Å². The number of amides is 1. The summed E-state index contributed by atoms with van der Waals surface area (Å²) < 4.78 is 10.6. The number of aromatic nitrogens is 1. The van der Waals surface area contributed by atoms with Crippen LogP contribution in [0.15, 0.2) is 42.7 Å². The van der Waals surface area contributed by atoms with Gasteiger partial charge in [-0.25, -0.2) is 0 Å². The first-order valence-corrected chi connectivity index (χ1v) is 7.21. The van der Waals surface area contributed by atoms with Gasteiger partial charge in [0.25, 0.3) is 0 Å². The molecule has 1 aromatic heterocycles. The van der Waals surface area contributed by atoms with E-state index in [1.165, 1.54) is 0 Å². The van der Waals surface area contributed by atoms with Gasteiger partial charge in [-0.3, -0.25) is 9.78 Å². The molecule has 1 aromatic carbocycles. The van der Waals surface area contributed by atoms with Gasteiger partial charge in [0.05, 0.1) is 0 Å². The van der Waals surface area contributed by atoms with Crippen molar-refractivity contribution in [2.24, 2.45) is 5.92 Å². The molecule has 0 saturated heterocycles. The van der Waals surface area contributed by atoms with E-state index in [-0.39, 0.29) is 18.6 Å². The molecule has 3 rings (SSSR count). The summed E-state index contributed by atoms with van der Waals surface area (Å²) in [6.07, 6.45) is 4.18. The van der Waals surface area contributed by atoms with Crippen molar-refractivity contribution in [3.63, 3.8) is 0 Å². The van der Waals surface area contributed by atoms with Crippen LogP contribution in [0.25, 0.3) is 0 Å². The largest absolute Gasteiger partial charge is 0.454 e. The topological polar surface area (TPSA) is 51.7 Å². The lowest BCUT2D eigenvalue weighted by Crippen LogP contribution is -2.32. The third-order valence-electron chi connectivity index (χ3n) is 3.79. The number of rotatable bonds is 4. The fourth-order valence-corrected chi connectivity index (χ4v) is 2.51. The standard InChI is InChI=1S/C17H18N2O3/c1-12(9-13-5-7-18-8-6-13)17(20)19(2)14-3-4-15-16(10-14)22-11-21-15/h3-8,10,12H,9,11H2,1-2H3/t12-/m0/s1. The molecule has 5 heteroatoms. The van der Waals surface area contributed by atoms with Gasteiger partial charge in [-0.15, -0.1) is 0 Å². The van der Waals surface area contributed by atoms with Crippen LogP contribution in [0.2, 0.25) is 0 Å². The molecule has 0 radical (unpaired) electrons. The van der Waals surface area contributed by atoms with Crippen LogP contribution in [0.5, 0.6) is 11.5 Å². The van der Waals surface area contributed by atoms with E-state index >= 15 is 0 Å². The van der Waals surface area contributed by atoms with Crippen LogP contribution in [0.3, 0.4) is 0 Å². The van der Waals surface area contributed by atoms with E-state index in [0.29, 0.717) is 12.2 Å². The zero-order valence-corrected chi connectivity index (χ0v) is 12.7. The van der Waals surface area contributed by atoms with Crippen LogP contribution in [-0.2, 0) is 11.2 Å². The Balaban J connectivity index is 1.71. The summed E-state index contributed by atoms with van der Waals surface area (Å²) in [6.45, 7) is 2.17. The van der Waals surface area contributed by atoms with E-state index in [1.807, 2.05) is 37.3 Å². The Morgan fingerprint density at radius 2 is 1.95 bits per heavy atom. The summed E-state index contributed by atoms with van der Waals surface area (Å²) in [4.78, 5) is 18.2. The molecule has 5 nitrogen and oxygen atoms in total. The lowest BCUT2D eigenvalue weighted by molar-refractivity contribution is -0.121. The summed E-state index contributed by atoms with van der Waals surface area (Å²) in [7, 11) is 1.78. The minimum atomic E-state index is -0.113. The molecular formula is C17H18N2O3. The molecule has 0 fully saturated rings. The maximum atomic E-state index is 12.6. The number of benzene rings is 1. The molecule has 0 bridgehead atoms. The third-order valence-corrected chi connectivity index (χ3v) is 3.79. The predicted molar refractivity (Wildman–Crippen MR) is 83.1 cm³/mol. The van der Waals surface area contributed by atoms with Crippen molar-refractivity contribution in [3.8, 4) is 11.5 Å². The van der Waals surface area contributed by atoms with E-state index in [1.54, 1.807) is 24.3 Å². The highest BCUT2D eigenvalue weighted by molar-refractivity contribution is 5.94. The summed E-state index contributed by atoms with van der Waals surface area (Å²) in [5, 5.41) is 0. The average molecular weight is 298 g/mol. The van der Waals surface area contributed by atoms with Crippen molar-refractivity contribution in [2.75, 3.05) is 18.7 Å². The number of fused-ring (bicyclic) bond motifs is 1. The quantitative estimate of drug-likeness (QED) is 0.871. The van der Waals surface area contributed by atoms with Crippen LogP contribution in [0.4, 0.5) is 5.69 Å². The number of nitrogens with zero attached hydrogens (tertiary/aromatic N) is 2. The second-order valence-electron chi connectivity index (χ2n) is 5.40. The molecule has 0 aliphatic carbocycles. The van der Waals surface area contributed by atoms with E-state index in [2.05, 4.69) is 4.98 Å². The number of anilines is 1. The molecule has 0 N–H and O–H groups in total. The number of hydrogen-bond donors (Lipinski definition) is 0. The highest BCUT2D eigenvalue weighted by atomic mass is 16.7. The smallest absolute Gasteiger partial charge is 0.231 e. The zero-order chi connectivity index (χ0) is 15.5. The zero-order valence-electron chi connectivity index (χ0n) is 12.7. The molecule has 22 heavy (non-hydrogen) atoms. The number of carbonyl (C=O) groups excluding carboxylic acids is 1. The second-order valence-corrected chi connectivity index (χ2v) is 5.40. The first-order valence-electron chi connectivity index (χ1n) is 7.21. The van der Waals surface area contributed by atoms with Gasteiger partial charge in [-0.05, 0) is 36.2 Å². The van der Waals surface area contributed by atoms with Gasteiger partial charge in [0, 0.05) is 37.1 Å². The van der Waals surface area contributed by atoms with Gasteiger partial charge < -0.3 is 14.4 Å². The summed E-state index contributed by atoms with van der Waals surface area (Å²) in [5.41, 5.74) is 1.91. The Bertz CT molecular complexity index is 673. The molecule has 1 aliphatic heterocycles. The second kappa shape index (κ2) is 6.05. The van der Waals surface area contributed by atoms with Crippen LogP contribution in [0.1, 0.15) is 12.5 Å². The maximum Gasteiger partial charge on any atom is 0.231 e. The first kappa shape index (κ1) is 14.4. The molecule has 2 heterocycles. The minimum absolute atomic E-state index is 0.0654. The fourth-order valence-electron chi connectivity index (χ4n) is 2.51. The van der Waals surface area contributed by atoms with Crippen molar-refractivity contribution in [1.29, 1.82) is 0 Å². The molecule has 0 saturated carbocycles. The predicted octanol–water partition coefficient (Wildman–Crippen LogP) is 2.65.